The maximum atomic E-state index is 12.6. The quantitative estimate of drug-likeness (QED) is 0.419. The summed E-state index contributed by atoms with van der Waals surface area (Å²) in [4.78, 5) is 38.2. The van der Waals surface area contributed by atoms with Gasteiger partial charge in [0.15, 0.2) is 0 Å². The van der Waals surface area contributed by atoms with Crippen LogP contribution in [0.5, 0.6) is 0 Å². The topological polar surface area (TPSA) is 98.7 Å². The molecule has 0 saturated heterocycles. The van der Waals surface area contributed by atoms with Crippen LogP contribution in [0, 0.1) is 20.8 Å². The molecule has 0 fully saturated rings. The molecule has 7 nitrogen and oxygen atoms in total. The fraction of sp³-hybridized carbons (Fsp3) is 0.350. The Morgan fingerprint density at radius 3 is 2.22 bits per heavy atom. The van der Waals surface area contributed by atoms with Crippen LogP contribution < -0.4 is 10.6 Å². The average molecular weight is 371 g/mol. The summed E-state index contributed by atoms with van der Waals surface area (Å²) in [6.07, 6.45) is 1.34. The zero-order chi connectivity index (χ0) is 20.3. The minimum absolute atomic E-state index is 0.0911. The summed E-state index contributed by atoms with van der Waals surface area (Å²) in [5.74, 6) is -2.77. The number of imide groups is 1. The van der Waals surface area contributed by atoms with Crippen LogP contribution >= 0.6 is 0 Å². The van der Waals surface area contributed by atoms with Gasteiger partial charge in [0.2, 0.25) is 0 Å². The molecule has 1 aliphatic rings. The maximum absolute atomic E-state index is 12.6. The van der Waals surface area contributed by atoms with Crippen LogP contribution in [0.4, 0.5) is 5.69 Å². The Bertz CT molecular complexity index is 845. The first-order chi connectivity index (χ1) is 12.7. The normalized spacial score (nSPS) is 16.2. The van der Waals surface area contributed by atoms with Crippen molar-refractivity contribution in [1.82, 2.24) is 10.2 Å². The number of nitrogens with zero attached hydrogens (tertiary/aromatic N) is 1. The summed E-state index contributed by atoms with van der Waals surface area (Å²) >= 11 is 0. The van der Waals surface area contributed by atoms with Gasteiger partial charge in [-0.15, -0.1) is 0 Å². The Morgan fingerprint density at radius 1 is 1.11 bits per heavy atom. The molecule has 3 amide bonds. The van der Waals surface area contributed by atoms with Crippen molar-refractivity contribution < 1.29 is 19.5 Å². The van der Waals surface area contributed by atoms with Crippen LogP contribution in [0.3, 0.4) is 0 Å². The third-order valence-electron chi connectivity index (χ3n) is 4.34. The van der Waals surface area contributed by atoms with Gasteiger partial charge in [-0.25, -0.2) is 0 Å². The van der Waals surface area contributed by atoms with Gasteiger partial charge >= 0.3 is 0 Å². The summed E-state index contributed by atoms with van der Waals surface area (Å²) in [5, 5.41) is 16.0. The predicted molar refractivity (Wildman–Crippen MR) is 103 cm³/mol. The molecule has 0 aromatic heterocycles. The zero-order valence-electron chi connectivity index (χ0n) is 16.3. The van der Waals surface area contributed by atoms with Gasteiger partial charge in [-0.2, -0.15) is 0 Å². The van der Waals surface area contributed by atoms with E-state index in [9.17, 15) is 19.5 Å². The Hall–Kier alpha value is -3.09. The number of rotatable bonds is 5. The summed E-state index contributed by atoms with van der Waals surface area (Å²) in [5.41, 5.74) is 3.31. The molecule has 0 aliphatic carbocycles. The van der Waals surface area contributed by atoms with Gasteiger partial charge in [-0.05, 0) is 45.7 Å². The number of hydrogen-bond donors (Lipinski definition) is 3. The molecule has 27 heavy (non-hydrogen) atoms. The molecule has 1 aliphatic heterocycles. The molecule has 0 bridgehead atoms. The standard InChI is InChI=1S/C20H25N3O4/c1-6-21-18(25)15-17(24)14(19(26)23(7-2)20(15)27)10-22-16-12(4)8-11(3)9-13(16)5/h8-10,22,24H,6-7H2,1-5H3,(H,21,25)/b14-10+. The van der Waals surface area contributed by atoms with Gasteiger partial charge in [0.05, 0.1) is 5.57 Å². The van der Waals surface area contributed by atoms with Gasteiger partial charge < -0.3 is 15.7 Å². The third-order valence-corrected chi connectivity index (χ3v) is 4.34. The van der Waals surface area contributed by atoms with E-state index < -0.39 is 29.1 Å². The van der Waals surface area contributed by atoms with E-state index in [4.69, 9.17) is 0 Å². The fourth-order valence-corrected chi connectivity index (χ4v) is 3.13. The highest BCUT2D eigenvalue weighted by Gasteiger charge is 2.39. The number of amides is 3. The molecular formula is C20H25N3O4. The monoisotopic (exact) mass is 371 g/mol. The van der Waals surface area contributed by atoms with Crippen molar-refractivity contribution in [3.05, 3.63) is 51.9 Å². The second-order valence-electron chi connectivity index (χ2n) is 6.41. The number of aliphatic hydroxyl groups excluding tert-OH is 1. The molecule has 3 N–H and O–H groups in total. The molecule has 1 aromatic rings. The second kappa shape index (κ2) is 8.07. The van der Waals surface area contributed by atoms with Crippen LogP contribution in [-0.4, -0.2) is 40.8 Å². The number of aryl methyl sites for hydroxylation is 3. The number of aliphatic hydroxyl groups is 1. The molecule has 0 radical (unpaired) electrons. The van der Waals surface area contributed by atoms with Gasteiger partial charge in [0.25, 0.3) is 17.7 Å². The molecule has 0 unspecified atom stereocenters. The van der Waals surface area contributed by atoms with Gasteiger partial charge in [0, 0.05) is 25.0 Å². The minimum Gasteiger partial charge on any atom is -0.506 e. The molecule has 0 atom stereocenters. The number of carbonyl (C=O) groups is 3. The summed E-state index contributed by atoms with van der Waals surface area (Å²) < 4.78 is 0. The number of benzene rings is 1. The molecule has 0 spiro atoms. The van der Waals surface area contributed by atoms with Crippen molar-refractivity contribution in [2.24, 2.45) is 0 Å². The Kier molecular flexibility index (Phi) is 6.05. The zero-order valence-corrected chi connectivity index (χ0v) is 16.3. The number of anilines is 1. The highest BCUT2D eigenvalue weighted by Crippen LogP contribution is 2.26. The van der Waals surface area contributed by atoms with Crippen molar-refractivity contribution >= 4 is 23.4 Å². The lowest BCUT2D eigenvalue weighted by Gasteiger charge is -2.27. The largest absolute Gasteiger partial charge is 0.506 e. The number of carbonyl (C=O) groups excluding carboxylic acids is 3. The van der Waals surface area contributed by atoms with E-state index in [2.05, 4.69) is 10.6 Å². The second-order valence-corrected chi connectivity index (χ2v) is 6.41. The molecule has 2 rings (SSSR count). The highest BCUT2D eigenvalue weighted by atomic mass is 16.3. The Labute approximate surface area is 158 Å². The number of nitrogens with one attached hydrogen (secondary N) is 2. The van der Waals surface area contributed by atoms with E-state index in [0.717, 1.165) is 27.3 Å². The van der Waals surface area contributed by atoms with Gasteiger partial charge in [-0.3, -0.25) is 19.3 Å². The van der Waals surface area contributed by atoms with Crippen molar-refractivity contribution in [1.29, 1.82) is 0 Å². The van der Waals surface area contributed by atoms with Crippen LogP contribution in [-0.2, 0) is 14.4 Å². The maximum Gasteiger partial charge on any atom is 0.270 e. The van der Waals surface area contributed by atoms with Crippen LogP contribution in [0.25, 0.3) is 0 Å². The molecule has 1 aromatic carbocycles. The highest BCUT2D eigenvalue weighted by molar-refractivity contribution is 6.27. The average Bonchev–Trinajstić information content (AvgIpc) is 2.57. The van der Waals surface area contributed by atoms with Crippen LogP contribution in [0.1, 0.15) is 30.5 Å². The predicted octanol–water partition coefficient (Wildman–Crippen LogP) is 2.24. The van der Waals surface area contributed by atoms with E-state index in [1.807, 2.05) is 32.9 Å². The number of hydrogen-bond acceptors (Lipinski definition) is 5. The number of likely N-dealkylation sites (N-methyl/N-ethyl adjacent to an activating group) is 2. The van der Waals surface area contributed by atoms with Crippen molar-refractivity contribution in [3.8, 4) is 0 Å². The van der Waals surface area contributed by atoms with Crippen molar-refractivity contribution in [2.45, 2.75) is 34.6 Å². The van der Waals surface area contributed by atoms with E-state index in [-0.39, 0.29) is 12.1 Å². The van der Waals surface area contributed by atoms with E-state index in [0.29, 0.717) is 6.54 Å². The first kappa shape index (κ1) is 20.2. The fourth-order valence-electron chi connectivity index (χ4n) is 3.13. The summed E-state index contributed by atoms with van der Waals surface area (Å²) in [6.45, 7) is 9.57. The van der Waals surface area contributed by atoms with E-state index >= 15 is 0 Å². The van der Waals surface area contributed by atoms with Crippen molar-refractivity contribution in [3.63, 3.8) is 0 Å². The summed E-state index contributed by atoms with van der Waals surface area (Å²) in [6, 6.07) is 3.99. The molecule has 7 heteroatoms. The lowest BCUT2D eigenvalue weighted by Crippen LogP contribution is -2.46. The van der Waals surface area contributed by atoms with Crippen LogP contribution in [0.15, 0.2) is 35.2 Å². The molecule has 1 heterocycles. The molecule has 0 saturated carbocycles. The van der Waals surface area contributed by atoms with Gasteiger partial charge in [0.1, 0.15) is 11.3 Å². The van der Waals surface area contributed by atoms with Crippen LogP contribution in [0.2, 0.25) is 0 Å². The molecular weight excluding hydrogens is 346 g/mol. The smallest absolute Gasteiger partial charge is 0.270 e. The molecule has 144 valence electrons. The Morgan fingerprint density at radius 2 is 1.70 bits per heavy atom. The van der Waals surface area contributed by atoms with Crippen molar-refractivity contribution in [2.75, 3.05) is 18.4 Å². The Balaban J connectivity index is 2.52. The van der Waals surface area contributed by atoms with E-state index in [1.165, 1.54) is 6.20 Å². The lowest BCUT2D eigenvalue weighted by molar-refractivity contribution is -0.141. The van der Waals surface area contributed by atoms with Gasteiger partial charge in [-0.1, -0.05) is 17.7 Å². The minimum atomic E-state index is -0.800. The first-order valence-electron chi connectivity index (χ1n) is 8.85. The van der Waals surface area contributed by atoms with E-state index in [1.54, 1.807) is 13.8 Å². The summed E-state index contributed by atoms with van der Waals surface area (Å²) in [7, 11) is 0. The lowest BCUT2D eigenvalue weighted by atomic mass is 10.0. The third kappa shape index (κ3) is 3.86. The SMILES string of the molecule is CCNC(=O)C1=C(O)/C(=C\Nc2c(C)cc(C)cc2C)C(=O)N(CC)C1=O. The first-order valence-corrected chi connectivity index (χ1v) is 8.85.